The topological polar surface area (TPSA) is 52.6 Å². The molecule has 0 aliphatic heterocycles. The third-order valence-corrected chi connectivity index (χ3v) is 3.97. The maximum absolute atomic E-state index is 13.5. The Kier molecular flexibility index (Phi) is 5.07. The highest BCUT2D eigenvalue weighted by molar-refractivity contribution is 5.85. The summed E-state index contributed by atoms with van der Waals surface area (Å²) in [6.45, 7) is 4.82. The number of benzene rings is 1. The number of hydrogen-bond donors (Lipinski definition) is 0. The molecule has 0 unspecified atom stereocenters. The summed E-state index contributed by atoms with van der Waals surface area (Å²) in [6.07, 6.45) is 2.95. The molecule has 0 spiro atoms. The molecular formula is C18H23FO4. The van der Waals surface area contributed by atoms with Crippen molar-refractivity contribution in [1.29, 1.82) is 0 Å². The minimum absolute atomic E-state index is 0.381. The van der Waals surface area contributed by atoms with Crippen LogP contribution in [0, 0.1) is 5.82 Å². The Balaban J connectivity index is 2.09. The van der Waals surface area contributed by atoms with Crippen molar-refractivity contribution in [3.8, 4) is 0 Å². The second-order valence-corrected chi connectivity index (χ2v) is 6.96. The third-order valence-electron chi connectivity index (χ3n) is 3.97. The van der Waals surface area contributed by atoms with Crippen molar-refractivity contribution in [2.75, 3.05) is 6.61 Å². The van der Waals surface area contributed by atoms with E-state index in [1.165, 1.54) is 12.1 Å². The average molecular weight is 322 g/mol. The maximum atomic E-state index is 13.5. The van der Waals surface area contributed by atoms with Crippen molar-refractivity contribution in [2.24, 2.45) is 0 Å². The van der Waals surface area contributed by atoms with Crippen LogP contribution in [0.4, 0.5) is 4.39 Å². The summed E-state index contributed by atoms with van der Waals surface area (Å²) in [7, 11) is 0. The summed E-state index contributed by atoms with van der Waals surface area (Å²) >= 11 is 0. The maximum Gasteiger partial charge on any atom is 0.344 e. The highest BCUT2D eigenvalue weighted by Gasteiger charge is 2.44. The summed E-state index contributed by atoms with van der Waals surface area (Å²) in [6, 6.07) is 6.05. The molecule has 1 fully saturated rings. The largest absolute Gasteiger partial charge is 0.457 e. The van der Waals surface area contributed by atoms with E-state index in [2.05, 4.69) is 0 Å². The zero-order valence-corrected chi connectivity index (χ0v) is 13.9. The van der Waals surface area contributed by atoms with Crippen molar-refractivity contribution in [3.63, 3.8) is 0 Å². The van der Waals surface area contributed by atoms with Gasteiger partial charge < -0.3 is 9.47 Å². The first-order valence-corrected chi connectivity index (χ1v) is 7.88. The SMILES string of the molecule is CC(C)(C)OC(=O)COC(=O)C1(c2cccc(F)c2)CCCC1. The van der Waals surface area contributed by atoms with Gasteiger partial charge in [-0.05, 0) is 51.3 Å². The van der Waals surface area contributed by atoms with Crippen molar-refractivity contribution in [1.82, 2.24) is 0 Å². The van der Waals surface area contributed by atoms with Crippen molar-refractivity contribution < 1.29 is 23.5 Å². The van der Waals surface area contributed by atoms with Gasteiger partial charge in [0.15, 0.2) is 6.61 Å². The number of esters is 2. The monoisotopic (exact) mass is 322 g/mol. The van der Waals surface area contributed by atoms with E-state index in [1.807, 2.05) is 0 Å². The number of rotatable bonds is 4. The molecule has 4 nitrogen and oxygen atoms in total. The Bertz CT molecular complexity index is 583. The van der Waals surface area contributed by atoms with Gasteiger partial charge in [-0.2, -0.15) is 0 Å². The molecule has 0 aromatic heterocycles. The predicted octanol–water partition coefficient (Wildman–Crippen LogP) is 3.52. The minimum Gasteiger partial charge on any atom is -0.457 e. The van der Waals surface area contributed by atoms with Crippen LogP contribution in [0.2, 0.25) is 0 Å². The van der Waals surface area contributed by atoms with E-state index in [1.54, 1.807) is 32.9 Å². The fourth-order valence-corrected chi connectivity index (χ4v) is 3.01. The highest BCUT2D eigenvalue weighted by atomic mass is 19.1. The number of halogens is 1. The molecule has 23 heavy (non-hydrogen) atoms. The number of ether oxygens (including phenoxy) is 2. The van der Waals surface area contributed by atoms with Crippen LogP contribution in [0.3, 0.4) is 0 Å². The van der Waals surface area contributed by atoms with Crippen LogP contribution in [0.15, 0.2) is 24.3 Å². The second kappa shape index (κ2) is 6.69. The Morgan fingerprint density at radius 2 is 1.87 bits per heavy atom. The molecule has 126 valence electrons. The van der Waals surface area contributed by atoms with Gasteiger partial charge in [0, 0.05) is 0 Å². The summed E-state index contributed by atoms with van der Waals surface area (Å²) in [5, 5.41) is 0. The first-order valence-electron chi connectivity index (χ1n) is 7.88. The molecule has 1 aliphatic rings. The molecule has 1 saturated carbocycles. The van der Waals surface area contributed by atoms with E-state index < -0.39 is 29.6 Å². The van der Waals surface area contributed by atoms with E-state index in [9.17, 15) is 14.0 Å². The van der Waals surface area contributed by atoms with E-state index >= 15 is 0 Å². The van der Waals surface area contributed by atoms with Gasteiger partial charge in [0.1, 0.15) is 11.4 Å². The predicted molar refractivity (Wildman–Crippen MR) is 83.4 cm³/mol. The van der Waals surface area contributed by atoms with Gasteiger partial charge in [0.05, 0.1) is 5.41 Å². The first kappa shape index (κ1) is 17.4. The molecule has 0 amide bonds. The highest BCUT2D eigenvalue weighted by Crippen LogP contribution is 2.42. The lowest BCUT2D eigenvalue weighted by atomic mass is 9.79. The summed E-state index contributed by atoms with van der Waals surface area (Å²) in [4.78, 5) is 24.3. The molecule has 0 saturated heterocycles. The van der Waals surface area contributed by atoms with Gasteiger partial charge in [-0.15, -0.1) is 0 Å². The molecule has 0 N–H and O–H groups in total. The van der Waals surface area contributed by atoms with Crippen molar-refractivity contribution >= 4 is 11.9 Å². The molecule has 0 radical (unpaired) electrons. The third kappa shape index (κ3) is 4.30. The van der Waals surface area contributed by atoms with Gasteiger partial charge in [-0.3, -0.25) is 4.79 Å². The van der Waals surface area contributed by atoms with Crippen molar-refractivity contribution in [2.45, 2.75) is 57.5 Å². The van der Waals surface area contributed by atoms with Crippen LogP contribution in [0.5, 0.6) is 0 Å². The van der Waals surface area contributed by atoms with Gasteiger partial charge in [-0.1, -0.05) is 25.0 Å². The van der Waals surface area contributed by atoms with Crippen LogP contribution in [0.1, 0.15) is 52.0 Å². The zero-order chi connectivity index (χ0) is 17.1. The summed E-state index contributed by atoms with van der Waals surface area (Å²) in [5.41, 5.74) is -0.870. The molecule has 1 aromatic carbocycles. The zero-order valence-electron chi connectivity index (χ0n) is 13.9. The number of carbonyl (C=O) groups is 2. The molecular weight excluding hydrogens is 299 g/mol. The van der Waals surface area contributed by atoms with Crippen LogP contribution in [0.25, 0.3) is 0 Å². The van der Waals surface area contributed by atoms with E-state index in [4.69, 9.17) is 9.47 Å². The molecule has 0 atom stereocenters. The number of carbonyl (C=O) groups excluding carboxylic acids is 2. The fourth-order valence-electron chi connectivity index (χ4n) is 3.01. The van der Waals surface area contributed by atoms with Crippen LogP contribution in [-0.4, -0.2) is 24.1 Å². The molecule has 2 rings (SSSR count). The standard InChI is InChI=1S/C18H23FO4/c1-17(2,3)23-15(20)12-22-16(21)18(9-4-5-10-18)13-7-6-8-14(19)11-13/h6-8,11H,4-5,9-10,12H2,1-3H3. The molecule has 1 aliphatic carbocycles. The fraction of sp³-hybridized carbons (Fsp3) is 0.556. The first-order chi connectivity index (χ1) is 10.7. The minimum atomic E-state index is -0.857. The Hall–Kier alpha value is -1.91. The summed E-state index contributed by atoms with van der Waals surface area (Å²) < 4.78 is 23.9. The lowest BCUT2D eigenvalue weighted by molar-refractivity contribution is -0.169. The quantitative estimate of drug-likeness (QED) is 0.796. The Morgan fingerprint density at radius 1 is 1.22 bits per heavy atom. The molecule has 0 bridgehead atoms. The van der Waals surface area contributed by atoms with Gasteiger partial charge in [0.2, 0.25) is 0 Å². The van der Waals surface area contributed by atoms with E-state index in [-0.39, 0.29) is 5.82 Å². The van der Waals surface area contributed by atoms with Crippen molar-refractivity contribution in [3.05, 3.63) is 35.6 Å². The van der Waals surface area contributed by atoms with Crippen LogP contribution < -0.4 is 0 Å². The second-order valence-electron chi connectivity index (χ2n) is 6.96. The summed E-state index contributed by atoms with van der Waals surface area (Å²) in [5.74, 6) is -1.45. The van der Waals surface area contributed by atoms with E-state index in [0.29, 0.717) is 18.4 Å². The van der Waals surface area contributed by atoms with Gasteiger partial charge in [0.25, 0.3) is 0 Å². The van der Waals surface area contributed by atoms with E-state index in [0.717, 1.165) is 12.8 Å². The molecule has 5 heteroatoms. The lowest BCUT2D eigenvalue weighted by Gasteiger charge is -2.27. The normalized spacial score (nSPS) is 16.9. The molecule has 0 heterocycles. The van der Waals surface area contributed by atoms with Gasteiger partial charge >= 0.3 is 11.9 Å². The number of hydrogen-bond acceptors (Lipinski definition) is 4. The van der Waals surface area contributed by atoms with Crippen LogP contribution in [-0.2, 0) is 24.5 Å². The Morgan fingerprint density at radius 3 is 2.43 bits per heavy atom. The van der Waals surface area contributed by atoms with Gasteiger partial charge in [-0.25, -0.2) is 9.18 Å². The smallest absolute Gasteiger partial charge is 0.344 e. The average Bonchev–Trinajstić information content (AvgIpc) is 2.93. The molecule has 1 aromatic rings. The Labute approximate surface area is 136 Å². The lowest BCUT2D eigenvalue weighted by Crippen LogP contribution is -2.37. The van der Waals surface area contributed by atoms with Crippen LogP contribution >= 0.6 is 0 Å².